The van der Waals surface area contributed by atoms with E-state index < -0.39 is 0 Å². The van der Waals surface area contributed by atoms with Gasteiger partial charge in [-0.25, -0.2) is 0 Å². The van der Waals surface area contributed by atoms with Crippen molar-refractivity contribution in [2.24, 2.45) is 5.73 Å². The first kappa shape index (κ1) is 19.6. The van der Waals surface area contributed by atoms with E-state index in [1.54, 1.807) is 6.07 Å². The summed E-state index contributed by atoms with van der Waals surface area (Å²) < 4.78 is 6.06. The number of hydrogen-bond acceptors (Lipinski definition) is 2. The maximum atomic E-state index is 6.14. The maximum absolute atomic E-state index is 6.14. The summed E-state index contributed by atoms with van der Waals surface area (Å²) in [7, 11) is 0. The second-order valence-electron chi connectivity index (χ2n) is 5.47. The molecule has 25 heavy (non-hydrogen) atoms. The van der Waals surface area contributed by atoms with Gasteiger partial charge in [0, 0.05) is 22.2 Å². The molecule has 0 saturated heterocycles. The van der Waals surface area contributed by atoms with E-state index in [0.29, 0.717) is 23.2 Å². The highest BCUT2D eigenvalue weighted by molar-refractivity contribution is 6.35. The van der Waals surface area contributed by atoms with E-state index in [1.165, 1.54) is 0 Å². The van der Waals surface area contributed by atoms with E-state index in [2.05, 4.69) is 0 Å². The first-order chi connectivity index (χ1) is 11.7. The van der Waals surface area contributed by atoms with Crippen LogP contribution in [-0.4, -0.2) is 0 Å². The second kappa shape index (κ2) is 9.12. The largest absolute Gasteiger partial charge is 0.488 e. The molecule has 0 spiro atoms. The van der Waals surface area contributed by atoms with Gasteiger partial charge in [-0.15, -0.1) is 12.4 Å². The highest BCUT2D eigenvalue weighted by Crippen LogP contribution is 2.34. The quantitative estimate of drug-likeness (QED) is 0.566. The standard InChI is InChI=1S/C20H17Cl2NO.ClH/c21-17-9-16(10-18(22)11-17)19-7-6-15(12-23)8-20(19)24-13-14-4-2-1-3-5-14;/h1-11H,12-13,23H2;1H. The Labute approximate surface area is 163 Å². The number of nitrogens with two attached hydrogens (primary N) is 1. The Hall–Kier alpha value is -1.71. The lowest BCUT2D eigenvalue weighted by Gasteiger charge is -2.14. The van der Waals surface area contributed by atoms with Crippen LogP contribution in [0.15, 0.2) is 66.7 Å². The number of ether oxygens (including phenoxy) is 1. The summed E-state index contributed by atoms with van der Waals surface area (Å²) in [6.07, 6.45) is 0. The fourth-order valence-corrected chi connectivity index (χ4v) is 3.02. The third-order valence-corrected chi connectivity index (χ3v) is 4.13. The van der Waals surface area contributed by atoms with Crippen LogP contribution in [-0.2, 0) is 13.2 Å². The van der Waals surface area contributed by atoms with Crippen LogP contribution in [0.1, 0.15) is 11.1 Å². The number of hydrogen-bond donors (Lipinski definition) is 1. The zero-order valence-corrected chi connectivity index (χ0v) is 15.7. The molecule has 3 aromatic carbocycles. The number of halogens is 3. The van der Waals surface area contributed by atoms with Crippen LogP contribution in [0.4, 0.5) is 0 Å². The summed E-state index contributed by atoms with van der Waals surface area (Å²) in [5, 5.41) is 1.18. The molecule has 0 atom stereocenters. The van der Waals surface area contributed by atoms with Gasteiger partial charge in [0.2, 0.25) is 0 Å². The molecule has 0 aromatic heterocycles. The molecule has 0 amide bonds. The molecule has 130 valence electrons. The molecule has 0 radical (unpaired) electrons. The molecule has 0 saturated carbocycles. The molecule has 0 fully saturated rings. The molecule has 5 heteroatoms. The summed E-state index contributed by atoms with van der Waals surface area (Å²) in [5.41, 5.74) is 9.73. The molecule has 0 aliphatic rings. The van der Waals surface area contributed by atoms with Crippen LogP contribution in [0.2, 0.25) is 10.0 Å². The molecular weight excluding hydrogens is 377 g/mol. The van der Waals surface area contributed by atoms with Gasteiger partial charge < -0.3 is 10.5 Å². The Balaban J connectivity index is 0.00000225. The average Bonchev–Trinajstić information content (AvgIpc) is 2.59. The van der Waals surface area contributed by atoms with Crippen LogP contribution in [0.3, 0.4) is 0 Å². The van der Waals surface area contributed by atoms with Crippen molar-refractivity contribution in [1.82, 2.24) is 0 Å². The monoisotopic (exact) mass is 393 g/mol. The summed E-state index contributed by atoms with van der Waals surface area (Å²) in [5.74, 6) is 0.764. The normalized spacial score (nSPS) is 10.2. The van der Waals surface area contributed by atoms with Crippen LogP contribution < -0.4 is 10.5 Å². The minimum atomic E-state index is 0. The van der Waals surface area contributed by atoms with Gasteiger partial charge in [0.05, 0.1) is 0 Å². The van der Waals surface area contributed by atoms with Crippen LogP contribution >= 0.6 is 35.6 Å². The van der Waals surface area contributed by atoms with Crippen molar-refractivity contribution in [3.8, 4) is 16.9 Å². The second-order valence-corrected chi connectivity index (χ2v) is 6.34. The lowest BCUT2D eigenvalue weighted by molar-refractivity contribution is 0.307. The SMILES string of the molecule is Cl.NCc1ccc(-c2cc(Cl)cc(Cl)c2)c(OCc2ccccc2)c1. The molecular formula is C20H18Cl3NO. The van der Waals surface area contributed by atoms with Gasteiger partial charge in [0.15, 0.2) is 0 Å². The van der Waals surface area contributed by atoms with E-state index in [9.17, 15) is 0 Å². The summed E-state index contributed by atoms with van der Waals surface area (Å²) in [6, 6.07) is 21.4. The van der Waals surface area contributed by atoms with Crippen LogP contribution in [0, 0.1) is 0 Å². The summed E-state index contributed by atoms with van der Waals surface area (Å²) >= 11 is 12.3. The summed E-state index contributed by atoms with van der Waals surface area (Å²) in [4.78, 5) is 0. The Morgan fingerprint density at radius 2 is 1.48 bits per heavy atom. The van der Waals surface area contributed by atoms with Crippen molar-refractivity contribution in [3.05, 3.63) is 87.9 Å². The van der Waals surface area contributed by atoms with Crippen molar-refractivity contribution in [3.63, 3.8) is 0 Å². The number of benzene rings is 3. The fourth-order valence-electron chi connectivity index (χ4n) is 2.50. The molecule has 0 heterocycles. The van der Waals surface area contributed by atoms with Crippen LogP contribution in [0.5, 0.6) is 5.75 Å². The highest BCUT2D eigenvalue weighted by Gasteiger charge is 2.10. The Morgan fingerprint density at radius 3 is 2.12 bits per heavy atom. The predicted molar refractivity (Wildman–Crippen MR) is 108 cm³/mol. The van der Waals surface area contributed by atoms with Gasteiger partial charge >= 0.3 is 0 Å². The molecule has 3 aromatic rings. The first-order valence-corrected chi connectivity index (χ1v) is 8.37. The van der Waals surface area contributed by atoms with E-state index in [4.69, 9.17) is 33.7 Å². The topological polar surface area (TPSA) is 35.2 Å². The van der Waals surface area contributed by atoms with E-state index >= 15 is 0 Å². The molecule has 0 unspecified atom stereocenters. The van der Waals surface area contributed by atoms with Crippen molar-refractivity contribution in [2.75, 3.05) is 0 Å². The zero-order chi connectivity index (χ0) is 16.9. The number of rotatable bonds is 5. The van der Waals surface area contributed by atoms with Gasteiger partial charge in [-0.1, -0.05) is 65.7 Å². The molecule has 0 bridgehead atoms. The van der Waals surface area contributed by atoms with E-state index in [0.717, 1.165) is 28.0 Å². The van der Waals surface area contributed by atoms with Crippen LogP contribution in [0.25, 0.3) is 11.1 Å². The summed E-state index contributed by atoms with van der Waals surface area (Å²) in [6.45, 7) is 0.939. The molecule has 2 nitrogen and oxygen atoms in total. The minimum Gasteiger partial charge on any atom is -0.488 e. The zero-order valence-electron chi connectivity index (χ0n) is 13.4. The van der Waals surface area contributed by atoms with E-state index in [-0.39, 0.29) is 12.4 Å². The van der Waals surface area contributed by atoms with Gasteiger partial charge in [0.1, 0.15) is 12.4 Å². The smallest absolute Gasteiger partial charge is 0.127 e. The lowest BCUT2D eigenvalue weighted by Crippen LogP contribution is -2.00. The molecule has 2 N–H and O–H groups in total. The Morgan fingerprint density at radius 1 is 0.800 bits per heavy atom. The van der Waals surface area contributed by atoms with Crippen molar-refractivity contribution < 1.29 is 4.74 Å². The molecule has 3 rings (SSSR count). The Kier molecular flexibility index (Phi) is 7.15. The van der Waals surface area contributed by atoms with Crippen molar-refractivity contribution in [2.45, 2.75) is 13.2 Å². The Bertz CT molecular complexity index is 817. The van der Waals surface area contributed by atoms with Gasteiger partial charge in [-0.05, 0) is 41.0 Å². The average molecular weight is 395 g/mol. The lowest BCUT2D eigenvalue weighted by atomic mass is 10.0. The first-order valence-electron chi connectivity index (χ1n) is 7.62. The van der Waals surface area contributed by atoms with Gasteiger partial charge in [0.25, 0.3) is 0 Å². The molecule has 0 aliphatic heterocycles. The predicted octanol–water partition coefficient (Wildman–Crippen LogP) is 6.12. The van der Waals surface area contributed by atoms with Crippen molar-refractivity contribution >= 4 is 35.6 Å². The van der Waals surface area contributed by atoms with Crippen molar-refractivity contribution in [1.29, 1.82) is 0 Å². The minimum absolute atomic E-state index is 0. The maximum Gasteiger partial charge on any atom is 0.127 e. The highest BCUT2D eigenvalue weighted by atomic mass is 35.5. The third-order valence-electron chi connectivity index (χ3n) is 3.69. The molecule has 0 aliphatic carbocycles. The fraction of sp³-hybridized carbons (Fsp3) is 0.100. The third kappa shape index (κ3) is 5.13. The van der Waals surface area contributed by atoms with E-state index in [1.807, 2.05) is 60.7 Å². The van der Waals surface area contributed by atoms with Gasteiger partial charge in [-0.3, -0.25) is 0 Å². The van der Waals surface area contributed by atoms with Gasteiger partial charge in [-0.2, -0.15) is 0 Å².